The number of carbonyl (C=O) groups is 1. The van der Waals surface area contributed by atoms with Crippen LogP contribution >= 0.6 is 0 Å². The minimum Gasteiger partial charge on any atom is -0.493 e. The first-order chi connectivity index (χ1) is 19.4. The van der Waals surface area contributed by atoms with Gasteiger partial charge in [-0.15, -0.1) is 0 Å². The van der Waals surface area contributed by atoms with E-state index in [1.165, 1.54) is 0 Å². The van der Waals surface area contributed by atoms with Crippen LogP contribution in [-0.2, 0) is 13.0 Å². The molecule has 2 aromatic carbocycles. The molecule has 0 aromatic heterocycles. The minimum atomic E-state index is -3.37. The molecule has 0 radical (unpaired) electrons. The number of carbonyl (C=O) groups excluding carboxylic acids is 1. The lowest BCUT2D eigenvalue weighted by Gasteiger charge is -2.32. The fourth-order valence-electron chi connectivity index (χ4n) is 3.43. The van der Waals surface area contributed by atoms with Crippen molar-refractivity contribution < 1.29 is 34.8 Å². The Labute approximate surface area is 188 Å². The van der Waals surface area contributed by atoms with Gasteiger partial charge in [-0.2, -0.15) is 0 Å². The molecule has 1 heterocycles. The van der Waals surface area contributed by atoms with Crippen molar-refractivity contribution in [3.8, 4) is 11.5 Å². The van der Waals surface area contributed by atoms with Gasteiger partial charge in [0, 0.05) is 30.4 Å². The van der Waals surface area contributed by atoms with E-state index in [4.69, 9.17) is 30.0 Å². The molecule has 4 rings (SSSR count). The highest BCUT2D eigenvalue weighted by Gasteiger charge is 2.34. The molecule has 2 aliphatic rings. The number of piperidine rings is 1. The van der Waals surface area contributed by atoms with Gasteiger partial charge in [-0.05, 0) is 67.7 Å². The van der Waals surface area contributed by atoms with E-state index >= 15 is 0 Å². The smallest absolute Gasteiger partial charge is 0.166 e. The number of nitrogens with zero attached hydrogens (tertiary/aromatic N) is 1. The number of ether oxygens (including phenoxy) is 2. The van der Waals surface area contributed by atoms with Crippen LogP contribution in [0.4, 0.5) is 0 Å². The summed E-state index contributed by atoms with van der Waals surface area (Å²) in [5.41, 5.74) is 0.356. The van der Waals surface area contributed by atoms with Gasteiger partial charge in [-0.1, -0.05) is 30.3 Å². The van der Waals surface area contributed by atoms with Crippen LogP contribution in [0.3, 0.4) is 0 Å². The molecule has 4 heteroatoms. The van der Waals surface area contributed by atoms with E-state index in [2.05, 4.69) is 0 Å². The standard InChI is InChI=1S/C24H29NO3/c1-27-22-14-19-13-20(24(26)21(19)15-23(22)28-2)12-17-8-10-25(11-9-17)16-18-6-4-3-5-7-18/h3-7,14-15,17,20H,8-13,16H2,1-2H3/i1D3,2D3,8D2,9D2,10D2,11D2,17D. The highest BCUT2D eigenvalue weighted by Crippen LogP contribution is 2.39. The maximum absolute atomic E-state index is 13.5. The Bertz CT molecular complexity index is 1360. The van der Waals surface area contributed by atoms with Crippen LogP contribution in [0.1, 0.15) is 61.2 Å². The van der Waals surface area contributed by atoms with Gasteiger partial charge >= 0.3 is 0 Å². The zero-order valence-corrected chi connectivity index (χ0v) is 14.9. The molecule has 0 bridgehead atoms. The monoisotopic (exact) mass is 394 g/mol. The first-order valence-corrected chi connectivity index (χ1v) is 8.77. The lowest BCUT2D eigenvalue weighted by molar-refractivity contribution is 0.0895. The van der Waals surface area contributed by atoms with Crippen molar-refractivity contribution in [3.05, 3.63) is 59.2 Å². The molecule has 0 spiro atoms. The molecule has 1 aliphatic carbocycles. The number of ketones is 1. The summed E-state index contributed by atoms with van der Waals surface area (Å²) in [6.45, 7) is -6.96. The topological polar surface area (TPSA) is 38.8 Å². The molecular weight excluding hydrogens is 350 g/mol. The van der Waals surface area contributed by atoms with Crippen LogP contribution in [0.25, 0.3) is 0 Å². The van der Waals surface area contributed by atoms with Gasteiger partial charge in [0.1, 0.15) is 0 Å². The number of likely N-dealkylation sites (tertiary alicyclic amines) is 1. The quantitative estimate of drug-likeness (QED) is 0.730. The summed E-state index contributed by atoms with van der Waals surface area (Å²) in [6.07, 6.45) is -7.98. The fourth-order valence-corrected chi connectivity index (χ4v) is 3.43. The molecule has 2 aromatic rings. The molecule has 1 fully saturated rings. The van der Waals surface area contributed by atoms with Gasteiger partial charge in [0.15, 0.2) is 17.3 Å². The summed E-state index contributed by atoms with van der Waals surface area (Å²) in [5.74, 6) is -6.41. The van der Waals surface area contributed by atoms with E-state index in [0.717, 1.165) is 12.1 Å². The normalized spacial score (nSPS) is 37.4. The lowest BCUT2D eigenvalue weighted by atomic mass is 9.85. The number of methoxy groups -OCH3 is 2. The van der Waals surface area contributed by atoms with Gasteiger partial charge in [0.25, 0.3) is 0 Å². The fraction of sp³-hybridized carbons (Fsp3) is 0.458. The van der Waals surface area contributed by atoms with Gasteiger partial charge in [-0.25, -0.2) is 0 Å². The molecule has 0 amide bonds. The first kappa shape index (κ1) is 8.19. The molecule has 1 atom stereocenters. The van der Waals surface area contributed by atoms with Crippen LogP contribution in [-0.4, -0.2) is 37.8 Å². The summed E-state index contributed by atoms with van der Waals surface area (Å²) in [7, 11) is -6.07. The molecule has 28 heavy (non-hydrogen) atoms. The number of rotatable bonds is 6. The van der Waals surface area contributed by atoms with Crippen molar-refractivity contribution in [3.63, 3.8) is 0 Å². The Balaban J connectivity index is 1.74. The largest absolute Gasteiger partial charge is 0.493 e. The van der Waals surface area contributed by atoms with E-state index in [0.29, 0.717) is 10.5 Å². The van der Waals surface area contributed by atoms with Crippen LogP contribution < -0.4 is 9.47 Å². The van der Waals surface area contributed by atoms with Crippen LogP contribution in [0.15, 0.2) is 42.5 Å². The highest BCUT2D eigenvalue weighted by atomic mass is 16.5. The minimum absolute atomic E-state index is 0.129. The predicted molar refractivity (Wildman–Crippen MR) is 110 cm³/mol. The Kier molecular flexibility index (Phi) is 2.44. The molecular formula is C24H29NO3. The summed E-state index contributed by atoms with van der Waals surface area (Å²) < 4.78 is 133. The Morgan fingerprint density at radius 2 is 1.86 bits per heavy atom. The molecule has 1 unspecified atom stereocenters. The van der Waals surface area contributed by atoms with Crippen molar-refractivity contribution in [2.75, 3.05) is 27.1 Å². The molecule has 1 saturated heterocycles. The predicted octanol–water partition coefficient (Wildman–Crippen LogP) is 4.36. The number of Topliss-reactive ketones (excluding diaryl/α,β-unsaturated/α-hetero) is 1. The Hall–Kier alpha value is -2.33. The summed E-state index contributed by atoms with van der Waals surface area (Å²) >= 11 is 0. The third-order valence-corrected chi connectivity index (χ3v) is 4.81. The second-order valence-electron chi connectivity index (χ2n) is 6.65. The van der Waals surface area contributed by atoms with E-state index in [9.17, 15) is 4.79 Å². The zero-order valence-electron chi connectivity index (χ0n) is 29.9. The number of hydrogen-bond donors (Lipinski definition) is 0. The van der Waals surface area contributed by atoms with Crippen LogP contribution in [0, 0.1) is 11.8 Å². The van der Waals surface area contributed by atoms with Gasteiger partial charge in [0.2, 0.25) is 0 Å². The lowest BCUT2D eigenvalue weighted by Crippen LogP contribution is -2.34. The Morgan fingerprint density at radius 1 is 1.14 bits per heavy atom. The van der Waals surface area contributed by atoms with Crippen molar-refractivity contribution in [2.45, 2.75) is 32.1 Å². The van der Waals surface area contributed by atoms with Crippen LogP contribution in [0.5, 0.6) is 11.5 Å². The zero-order chi connectivity index (χ0) is 32.6. The molecule has 148 valence electrons. The Morgan fingerprint density at radius 3 is 2.57 bits per heavy atom. The highest BCUT2D eigenvalue weighted by molar-refractivity contribution is 6.02. The molecule has 0 N–H and O–H groups in total. The van der Waals surface area contributed by atoms with Crippen molar-refractivity contribution >= 4 is 5.78 Å². The van der Waals surface area contributed by atoms with Crippen molar-refractivity contribution in [1.29, 1.82) is 0 Å². The van der Waals surface area contributed by atoms with E-state index in [1.807, 2.05) is 0 Å². The molecule has 0 saturated carbocycles. The second-order valence-corrected chi connectivity index (χ2v) is 6.65. The third kappa shape index (κ3) is 3.93. The third-order valence-electron chi connectivity index (χ3n) is 4.81. The number of benzene rings is 2. The van der Waals surface area contributed by atoms with E-state index < -0.39 is 81.9 Å². The van der Waals surface area contributed by atoms with Crippen molar-refractivity contribution in [2.24, 2.45) is 11.8 Å². The van der Waals surface area contributed by atoms with E-state index in [1.54, 1.807) is 30.3 Å². The van der Waals surface area contributed by atoms with Gasteiger partial charge in [0.05, 0.1) is 22.3 Å². The average Bonchev–Trinajstić information content (AvgIpc) is 3.14. The van der Waals surface area contributed by atoms with Crippen molar-refractivity contribution in [1.82, 2.24) is 4.90 Å². The number of hydrogen-bond acceptors (Lipinski definition) is 4. The summed E-state index contributed by atoms with van der Waals surface area (Å²) in [5, 5.41) is 0. The average molecular weight is 395 g/mol. The summed E-state index contributed by atoms with van der Waals surface area (Å²) in [6, 6.07) is 9.99. The van der Waals surface area contributed by atoms with Gasteiger partial charge in [-0.3, -0.25) is 9.69 Å². The summed E-state index contributed by atoms with van der Waals surface area (Å²) in [4.78, 5) is 13.9. The first-order valence-electron chi connectivity index (χ1n) is 16.3. The van der Waals surface area contributed by atoms with Gasteiger partial charge < -0.3 is 9.47 Å². The second kappa shape index (κ2) is 8.36. The number of fused-ring (bicyclic) bond motifs is 1. The van der Waals surface area contributed by atoms with E-state index in [-0.39, 0.29) is 17.5 Å². The maximum atomic E-state index is 13.5. The van der Waals surface area contributed by atoms with Crippen LogP contribution in [0.2, 0.25) is 0 Å². The molecule has 4 nitrogen and oxygen atoms in total. The maximum Gasteiger partial charge on any atom is 0.166 e. The molecule has 1 aliphatic heterocycles. The SMILES string of the molecule is [2H]C([2H])([2H])Oc1cc2c(cc1OC([2H])([2H])[2H])C(=O)C(CC1([2H])C([2H])([2H])C([2H])([2H])N(Cc3ccccc3)C([2H])([2H])C1([2H])[2H])C2.